The molecule has 152 valence electrons. The molecule has 0 heterocycles. The average molecular weight is 431 g/mol. The molecule has 29 heavy (non-hydrogen) atoms. The van der Waals surface area contributed by atoms with Gasteiger partial charge in [0.25, 0.3) is 5.24 Å². The lowest BCUT2D eigenvalue weighted by molar-refractivity contribution is -0.138. The number of rotatable bonds is 5. The number of hydrogen-bond donors (Lipinski definition) is 0. The molecule has 0 aromatic heterocycles. The lowest BCUT2D eigenvalue weighted by atomic mass is 10.1. The van der Waals surface area contributed by atoms with Crippen molar-refractivity contribution in [1.82, 2.24) is 0 Å². The summed E-state index contributed by atoms with van der Waals surface area (Å²) in [7, 11) is 0. The molecule has 3 aromatic rings. The molecule has 0 radical (unpaired) electrons. The van der Waals surface area contributed by atoms with Crippen LogP contribution in [0.1, 0.15) is 12.5 Å². The molecule has 0 aliphatic rings. The SMILES string of the molecule is CC(Oc1cccc2c(Oc3c(F)cc(C(F)(F)F)cc3F)cccc12)C(=O)Cl. The molecule has 3 nitrogen and oxygen atoms in total. The van der Waals surface area contributed by atoms with Crippen LogP contribution in [-0.2, 0) is 11.0 Å². The maximum absolute atomic E-state index is 14.1. The molecule has 1 atom stereocenters. The van der Waals surface area contributed by atoms with Crippen molar-refractivity contribution in [2.75, 3.05) is 0 Å². The normalized spacial score (nSPS) is 12.7. The molecule has 0 aliphatic carbocycles. The Morgan fingerprint density at radius 3 is 2.00 bits per heavy atom. The third kappa shape index (κ3) is 4.42. The third-order valence-electron chi connectivity index (χ3n) is 4.00. The number of carbonyl (C=O) groups is 1. The predicted molar refractivity (Wildman–Crippen MR) is 96.3 cm³/mol. The van der Waals surface area contributed by atoms with Gasteiger partial charge in [0, 0.05) is 10.8 Å². The Bertz CT molecular complexity index is 1060. The zero-order chi connectivity index (χ0) is 21.3. The summed E-state index contributed by atoms with van der Waals surface area (Å²) in [6, 6.07) is 9.48. The van der Waals surface area contributed by atoms with E-state index < -0.39 is 40.5 Å². The van der Waals surface area contributed by atoms with Gasteiger partial charge in [0.05, 0.1) is 5.56 Å². The molecular weight excluding hydrogens is 419 g/mol. The molecule has 0 amide bonds. The van der Waals surface area contributed by atoms with Crippen LogP contribution < -0.4 is 9.47 Å². The van der Waals surface area contributed by atoms with Crippen molar-refractivity contribution in [3.05, 3.63) is 65.7 Å². The van der Waals surface area contributed by atoms with E-state index in [1.807, 2.05) is 0 Å². The summed E-state index contributed by atoms with van der Waals surface area (Å²) in [6.07, 6.45) is -5.85. The number of benzene rings is 3. The van der Waals surface area contributed by atoms with Crippen molar-refractivity contribution in [2.45, 2.75) is 19.2 Å². The molecule has 0 saturated carbocycles. The standard InChI is InChI=1S/C20H12ClF5O3/c1-10(19(21)27)28-16-6-2-5-13-12(16)4-3-7-17(13)29-18-14(22)8-11(9-15(18)23)20(24,25)26/h2-10H,1H3. The van der Waals surface area contributed by atoms with Gasteiger partial charge >= 0.3 is 6.18 Å². The summed E-state index contributed by atoms with van der Waals surface area (Å²) in [4.78, 5) is 11.2. The molecule has 0 N–H and O–H groups in total. The Labute approximate surface area is 166 Å². The van der Waals surface area contributed by atoms with E-state index in [0.717, 1.165) is 0 Å². The minimum absolute atomic E-state index is 0.0182. The van der Waals surface area contributed by atoms with E-state index in [9.17, 15) is 26.7 Å². The quantitative estimate of drug-likeness (QED) is 0.344. The Kier molecular flexibility index (Phi) is 5.66. The molecule has 1 unspecified atom stereocenters. The average Bonchev–Trinajstić information content (AvgIpc) is 2.64. The van der Waals surface area contributed by atoms with Crippen molar-refractivity contribution in [3.63, 3.8) is 0 Å². The molecule has 0 spiro atoms. The van der Waals surface area contributed by atoms with Crippen molar-refractivity contribution >= 4 is 27.6 Å². The van der Waals surface area contributed by atoms with Gasteiger partial charge < -0.3 is 9.47 Å². The lowest BCUT2D eigenvalue weighted by Crippen LogP contribution is -2.18. The van der Waals surface area contributed by atoms with Crippen LogP contribution >= 0.6 is 11.6 Å². The molecule has 0 bridgehead atoms. The molecular formula is C20H12ClF5O3. The van der Waals surface area contributed by atoms with Gasteiger partial charge in [-0.05, 0) is 42.8 Å². The highest BCUT2D eigenvalue weighted by Gasteiger charge is 2.33. The molecule has 0 saturated heterocycles. The van der Waals surface area contributed by atoms with Crippen LogP contribution in [0.3, 0.4) is 0 Å². The number of halogens is 6. The van der Waals surface area contributed by atoms with Crippen LogP contribution in [0.4, 0.5) is 22.0 Å². The van der Waals surface area contributed by atoms with E-state index >= 15 is 0 Å². The molecule has 0 aliphatic heterocycles. The predicted octanol–water partition coefficient (Wildman–Crippen LogP) is 6.46. The molecule has 9 heteroatoms. The Morgan fingerprint density at radius 2 is 1.48 bits per heavy atom. The fourth-order valence-electron chi connectivity index (χ4n) is 2.61. The summed E-state index contributed by atoms with van der Waals surface area (Å²) in [5.74, 6) is -3.72. The van der Waals surface area contributed by atoms with Crippen LogP contribution in [-0.4, -0.2) is 11.3 Å². The van der Waals surface area contributed by atoms with E-state index in [4.69, 9.17) is 21.1 Å². The third-order valence-corrected chi connectivity index (χ3v) is 4.31. The second-order valence-electron chi connectivity index (χ2n) is 6.04. The molecule has 0 fully saturated rings. The van der Waals surface area contributed by atoms with Crippen molar-refractivity contribution in [1.29, 1.82) is 0 Å². The summed E-state index contributed by atoms with van der Waals surface area (Å²) in [5.41, 5.74) is -1.46. The van der Waals surface area contributed by atoms with Crippen LogP contribution in [0.5, 0.6) is 17.2 Å². The fraction of sp³-hybridized carbons (Fsp3) is 0.150. The van der Waals surface area contributed by atoms with Crippen LogP contribution in [0, 0.1) is 11.6 Å². The van der Waals surface area contributed by atoms with Gasteiger partial charge in [0.1, 0.15) is 11.5 Å². The summed E-state index contributed by atoms with van der Waals surface area (Å²) in [5, 5.41) is 0.0868. The zero-order valence-electron chi connectivity index (χ0n) is 14.7. The second kappa shape index (κ2) is 7.87. The Hall–Kier alpha value is -2.87. The number of hydrogen-bond acceptors (Lipinski definition) is 3. The monoisotopic (exact) mass is 430 g/mol. The smallest absolute Gasteiger partial charge is 0.416 e. The first-order valence-corrected chi connectivity index (χ1v) is 8.57. The molecule has 3 rings (SSSR count). The van der Waals surface area contributed by atoms with Crippen LogP contribution in [0.2, 0.25) is 0 Å². The van der Waals surface area contributed by atoms with Gasteiger partial charge in [-0.15, -0.1) is 0 Å². The van der Waals surface area contributed by atoms with E-state index in [0.29, 0.717) is 10.8 Å². The van der Waals surface area contributed by atoms with Gasteiger partial charge in [0.2, 0.25) is 0 Å². The number of fused-ring (bicyclic) bond motifs is 1. The van der Waals surface area contributed by atoms with Gasteiger partial charge in [-0.25, -0.2) is 8.78 Å². The van der Waals surface area contributed by atoms with E-state index in [1.54, 1.807) is 24.3 Å². The zero-order valence-corrected chi connectivity index (χ0v) is 15.4. The van der Waals surface area contributed by atoms with Crippen molar-refractivity contribution in [3.8, 4) is 17.2 Å². The van der Waals surface area contributed by atoms with Crippen LogP contribution in [0.15, 0.2) is 48.5 Å². The van der Waals surface area contributed by atoms with E-state index in [-0.39, 0.29) is 23.6 Å². The van der Waals surface area contributed by atoms with Gasteiger partial charge in [-0.3, -0.25) is 4.79 Å². The van der Waals surface area contributed by atoms with Gasteiger partial charge in [-0.2, -0.15) is 13.2 Å². The number of carbonyl (C=O) groups excluding carboxylic acids is 1. The highest BCUT2D eigenvalue weighted by molar-refractivity contribution is 6.64. The van der Waals surface area contributed by atoms with E-state index in [1.165, 1.54) is 19.1 Å². The highest BCUT2D eigenvalue weighted by atomic mass is 35.5. The van der Waals surface area contributed by atoms with Crippen LogP contribution in [0.25, 0.3) is 10.8 Å². The maximum Gasteiger partial charge on any atom is 0.416 e. The summed E-state index contributed by atoms with van der Waals surface area (Å²) in [6.45, 7) is 1.45. The Morgan fingerprint density at radius 1 is 0.966 bits per heavy atom. The lowest BCUT2D eigenvalue weighted by Gasteiger charge is -2.16. The summed E-state index contributed by atoms with van der Waals surface area (Å²) < 4.78 is 77.1. The minimum atomic E-state index is -4.90. The topological polar surface area (TPSA) is 35.5 Å². The molecule has 3 aromatic carbocycles. The first-order chi connectivity index (χ1) is 13.6. The van der Waals surface area contributed by atoms with Gasteiger partial charge in [0.15, 0.2) is 23.5 Å². The van der Waals surface area contributed by atoms with Crippen molar-refractivity contribution in [2.24, 2.45) is 0 Å². The highest BCUT2D eigenvalue weighted by Crippen LogP contribution is 2.39. The second-order valence-corrected chi connectivity index (χ2v) is 6.41. The number of ether oxygens (including phenoxy) is 2. The first kappa shape index (κ1) is 20.9. The van der Waals surface area contributed by atoms with E-state index in [2.05, 4.69) is 0 Å². The van der Waals surface area contributed by atoms with Crippen molar-refractivity contribution < 1.29 is 36.2 Å². The fourth-order valence-corrected chi connectivity index (χ4v) is 2.66. The maximum atomic E-state index is 14.1. The number of alkyl halides is 3. The minimum Gasteiger partial charge on any atom is -0.481 e. The largest absolute Gasteiger partial charge is 0.481 e. The Balaban J connectivity index is 2.03. The first-order valence-electron chi connectivity index (χ1n) is 8.19. The van der Waals surface area contributed by atoms with Gasteiger partial charge in [-0.1, -0.05) is 24.3 Å². The summed E-state index contributed by atoms with van der Waals surface area (Å²) >= 11 is 5.40.